The van der Waals surface area contributed by atoms with Crippen LogP contribution in [0.4, 0.5) is 11.5 Å². The first-order valence-corrected chi connectivity index (χ1v) is 11.5. The Balaban J connectivity index is 1.82. The van der Waals surface area contributed by atoms with Gasteiger partial charge in [-0.15, -0.1) is 0 Å². The number of sulfonamides is 1. The Morgan fingerprint density at radius 1 is 1.13 bits per heavy atom. The van der Waals surface area contributed by atoms with Crippen molar-refractivity contribution in [3.8, 4) is 0 Å². The Bertz CT molecular complexity index is 1110. The molecular weight excluding hydrogens is 432 g/mol. The molecule has 162 valence electrons. The van der Waals surface area contributed by atoms with E-state index in [9.17, 15) is 8.42 Å². The predicted molar refractivity (Wildman–Crippen MR) is 126 cm³/mol. The lowest BCUT2D eigenvalue weighted by atomic mass is 10.1. The summed E-state index contributed by atoms with van der Waals surface area (Å²) in [4.78, 5) is 8.34. The van der Waals surface area contributed by atoms with Crippen molar-refractivity contribution in [2.45, 2.75) is 24.8 Å². The van der Waals surface area contributed by atoms with Gasteiger partial charge in [0.25, 0.3) is 10.0 Å². The first kappa shape index (κ1) is 22.4. The first-order chi connectivity index (χ1) is 14.8. The molecule has 0 amide bonds. The van der Waals surface area contributed by atoms with Gasteiger partial charge in [-0.25, -0.2) is 13.4 Å². The summed E-state index contributed by atoms with van der Waals surface area (Å²) in [5.41, 5.74) is 10.5. The quantitative estimate of drug-likeness (QED) is 0.393. The zero-order valence-electron chi connectivity index (χ0n) is 17.2. The molecule has 1 atom stereocenters. The lowest BCUT2D eigenvalue weighted by Crippen LogP contribution is -2.42. The molecule has 3 N–H and O–H groups in total. The van der Waals surface area contributed by atoms with Crippen LogP contribution in [0.15, 0.2) is 78.1 Å². The van der Waals surface area contributed by atoms with E-state index >= 15 is 0 Å². The van der Waals surface area contributed by atoms with Crippen LogP contribution in [0.1, 0.15) is 25.5 Å². The first-order valence-electron chi connectivity index (χ1n) is 9.63. The summed E-state index contributed by atoms with van der Waals surface area (Å²) in [6, 6.07) is 16.0. The van der Waals surface area contributed by atoms with Gasteiger partial charge in [0, 0.05) is 18.9 Å². The van der Waals surface area contributed by atoms with Crippen LogP contribution in [0, 0.1) is 0 Å². The smallest absolute Gasteiger partial charge is 0.265 e. The molecule has 0 aliphatic carbocycles. The van der Waals surface area contributed by atoms with Gasteiger partial charge in [0.2, 0.25) is 0 Å². The van der Waals surface area contributed by atoms with Crippen LogP contribution in [-0.2, 0) is 10.0 Å². The topological polar surface area (TPSA) is 104 Å². The van der Waals surface area contributed by atoms with Crippen LogP contribution in [0.5, 0.6) is 0 Å². The van der Waals surface area contributed by atoms with E-state index in [-0.39, 0.29) is 22.6 Å². The van der Waals surface area contributed by atoms with Crippen molar-refractivity contribution in [1.82, 2.24) is 15.0 Å². The lowest BCUT2D eigenvalue weighted by molar-refractivity contribution is 0.397. The van der Waals surface area contributed by atoms with Crippen LogP contribution >= 0.6 is 12.2 Å². The van der Waals surface area contributed by atoms with Crippen molar-refractivity contribution in [2.75, 3.05) is 16.3 Å². The monoisotopic (exact) mass is 456 g/mol. The van der Waals surface area contributed by atoms with Gasteiger partial charge in [-0.05, 0) is 55.9 Å². The van der Waals surface area contributed by atoms with Gasteiger partial charge < -0.3 is 5.73 Å². The molecule has 0 spiro atoms. The zero-order valence-corrected chi connectivity index (χ0v) is 18.8. The highest BCUT2D eigenvalue weighted by molar-refractivity contribution is 7.92. The molecule has 0 bridgehead atoms. The molecule has 3 rings (SSSR count). The van der Waals surface area contributed by atoms with E-state index in [4.69, 9.17) is 18.0 Å². The van der Waals surface area contributed by atoms with Crippen LogP contribution in [0.25, 0.3) is 0 Å². The summed E-state index contributed by atoms with van der Waals surface area (Å²) >= 11 is 5.19. The molecule has 1 aromatic carbocycles. The SMILES string of the molecule is CCN(c1cccnc1)S(=O)(=O)c1ccc(NN(C(N)=S)[C@H](C)c2ccccc2)nc1. The molecule has 10 heteroatoms. The molecule has 2 aromatic heterocycles. The number of thiocarbonyl (C=S) groups is 1. The van der Waals surface area contributed by atoms with Crippen molar-refractivity contribution in [3.63, 3.8) is 0 Å². The third-order valence-electron chi connectivity index (χ3n) is 4.69. The Hall–Kier alpha value is -3.24. The normalized spacial score (nSPS) is 12.1. The number of aromatic nitrogens is 2. The van der Waals surface area contributed by atoms with Crippen molar-refractivity contribution < 1.29 is 8.42 Å². The van der Waals surface area contributed by atoms with Gasteiger partial charge in [0.05, 0.1) is 17.9 Å². The number of benzene rings is 1. The molecule has 3 aromatic rings. The van der Waals surface area contributed by atoms with Gasteiger partial charge in [-0.3, -0.25) is 19.7 Å². The van der Waals surface area contributed by atoms with E-state index in [2.05, 4.69) is 15.4 Å². The highest BCUT2D eigenvalue weighted by Gasteiger charge is 2.24. The summed E-state index contributed by atoms with van der Waals surface area (Å²) in [6.07, 6.45) is 4.41. The number of rotatable bonds is 8. The molecule has 0 saturated heterocycles. The fourth-order valence-electron chi connectivity index (χ4n) is 3.07. The number of hydrazine groups is 1. The summed E-state index contributed by atoms with van der Waals surface area (Å²) in [5.74, 6) is 0.416. The lowest BCUT2D eigenvalue weighted by Gasteiger charge is -2.30. The van der Waals surface area contributed by atoms with Gasteiger partial charge >= 0.3 is 0 Å². The second-order valence-electron chi connectivity index (χ2n) is 6.67. The number of nitrogens with one attached hydrogen (secondary N) is 1. The second kappa shape index (κ2) is 9.71. The number of nitrogens with two attached hydrogens (primary N) is 1. The number of pyridine rings is 2. The second-order valence-corrected chi connectivity index (χ2v) is 8.95. The van der Waals surface area contributed by atoms with Crippen LogP contribution in [0.3, 0.4) is 0 Å². The molecule has 0 fully saturated rings. The minimum atomic E-state index is -3.79. The summed E-state index contributed by atoms with van der Waals surface area (Å²) in [7, 11) is -3.79. The average Bonchev–Trinajstić information content (AvgIpc) is 2.79. The molecule has 0 radical (unpaired) electrons. The third kappa shape index (κ3) is 5.09. The van der Waals surface area contributed by atoms with Gasteiger partial charge in [0.15, 0.2) is 5.11 Å². The Morgan fingerprint density at radius 3 is 2.42 bits per heavy atom. The van der Waals surface area contributed by atoms with Crippen molar-refractivity contribution in [2.24, 2.45) is 5.73 Å². The standard InChI is InChI=1S/C21H24N6O2S2/c1-3-26(18-10-7-13-23-14-18)31(28,29)19-11-12-20(24-15-19)25-27(21(22)30)16(2)17-8-5-4-6-9-17/h4-16H,3H2,1-2H3,(H2,22,30)(H,24,25)/t16-/m1/s1. The van der Waals surface area contributed by atoms with E-state index in [1.54, 1.807) is 36.3 Å². The maximum atomic E-state index is 13.1. The fraction of sp³-hybridized carbons (Fsp3) is 0.190. The van der Waals surface area contributed by atoms with E-state index in [1.807, 2.05) is 37.3 Å². The summed E-state index contributed by atoms with van der Waals surface area (Å²) in [6.45, 7) is 3.98. The summed E-state index contributed by atoms with van der Waals surface area (Å²) < 4.78 is 27.5. The van der Waals surface area contributed by atoms with E-state index in [1.165, 1.54) is 22.8 Å². The largest absolute Gasteiger partial charge is 0.375 e. The Kier molecular flexibility index (Phi) is 7.03. The Morgan fingerprint density at radius 2 is 1.87 bits per heavy atom. The molecule has 0 saturated carbocycles. The van der Waals surface area contributed by atoms with Crippen LogP contribution in [0.2, 0.25) is 0 Å². The molecule has 0 aliphatic heterocycles. The van der Waals surface area contributed by atoms with E-state index < -0.39 is 10.0 Å². The van der Waals surface area contributed by atoms with Crippen molar-refractivity contribution >= 4 is 38.9 Å². The number of hydrogen-bond donors (Lipinski definition) is 2. The number of nitrogens with zero attached hydrogens (tertiary/aromatic N) is 4. The fourth-order valence-corrected chi connectivity index (χ4v) is 4.68. The van der Waals surface area contributed by atoms with Gasteiger partial charge in [-0.1, -0.05) is 30.3 Å². The Labute approximate surface area is 187 Å². The predicted octanol–water partition coefficient (Wildman–Crippen LogP) is 3.33. The van der Waals surface area contributed by atoms with Crippen LogP contribution < -0.4 is 15.5 Å². The van der Waals surface area contributed by atoms with E-state index in [0.717, 1.165) is 5.56 Å². The highest BCUT2D eigenvalue weighted by Crippen LogP contribution is 2.24. The van der Waals surface area contributed by atoms with E-state index in [0.29, 0.717) is 11.5 Å². The number of hydrogen-bond acceptors (Lipinski definition) is 6. The maximum absolute atomic E-state index is 13.1. The highest BCUT2D eigenvalue weighted by atomic mass is 32.2. The summed E-state index contributed by atoms with van der Waals surface area (Å²) in [5, 5.41) is 1.75. The van der Waals surface area contributed by atoms with Gasteiger partial charge in [0.1, 0.15) is 10.7 Å². The van der Waals surface area contributed by atoms with Crippen LogP contribution in [-0.4, -0.2) is 35.1 Å². The maximum Gasteiger partial charge on any atom is 0.265 e. The number of anilines is 2. The van der Waals surface area contributed by atoms with Crippen molar-refractivity contribution in [1.29, 1.82) is 0 Å². The minimum absolute atomic E-state index is 0.0711. The molecule has 2 heterocycles. The molecule has 0 aliphatic rings. The average molecular weight is 457 g/mol. The zero-order chi connectivity index (χ0) is 22.4. The van der Waals surface area contributed by atoms with Crippen molar-refractivity contribution in [3.05, 3.63) is 78.8 Å². The minimum Gasteiger partial charge on any atom is -0.375 e. The molecule has 8 nitrogen and oxygen atoms in total. The molecular formula is C21H24N6O2S2. The molecule has 0 unspecified atom stereocenters. The third-order valence-corrected chi connectivity index (χ3v) is 6.77. The van der Waals surface area contributed by atoms with Gasteiger partial charge in [-0.2, -0.15) is 0 Å². The molecule has 31 heavy (non-hydrogen) atoms.